The second kappa shape index (κ2) is 6.01. The number of nitrogens with one attached hydrogen (secondary N) is 1. The molecule has 25 heavy (non-hydrogen) atoms. The highest BCUT2D eigenvalue weighted by Gasteiger charge is 2.28. The molecule has 1 heterocycles. The third-order valence-electron chi connectivity index (χ3n) is 4.13. The topological polar surface area (TPSA) is 98.3 Å². The van der Waals surface area contributed by atoms with E-state index in [1.807, 2.05) is 0 Å². The first-order valence-corrected chi connectivity index (χ1v) is 8.02. The van der Waals surface area contributed by atoms with Gasteiger partial charge in [-0.1, -0.05) is 12.1 Å². The quantitative estimate of drug-likeness (QED) is 0.564. The fourth-order valence-corrected chi connectivity index (χ4v) is 2.65. The van der Waals surface area contributed by atoms with Gasteiger partial charge >= 0.3 is 0 Å². The summed E-state index contributed by atoms with van der Waals surface area (Å²) in [6.45, 7) is 0. The number of non-ortho nitro benzene ring substituents is 1. The highest BCUT2D eigenvalue weighted by molar-refractivity contribution is 5.94. The summed E-state index contributed by atoms with van der Waals surface area (Å²) in [5.41, 5.74) is 2.81. The van der Waals surface area contributed by atoms with E-state index in [9.17, 15) is 14.9 Å². The number of hydrogen-bond acceptors (Lipinski definition) is 5. The van der Waals surface area contributed by atoms with E-state index in [4.69, 9.17) is 4.42 Å². The predicted molar refractivity (Wildman–Crippen MR) is 91.4 cm³/mol. The molecule has 0 radical (unpaired) electrons. The molecule has 0 spiro atoms. The minimum atomic E-state index is -0.465. The van der Waals surface area contributed by atoms with Gasteiger partial charge in [-0.05, 0) is 36.6 Å². The fraction of sp³-hybridized carbons (Fsp3) is 0.222. The number of anilines is 1. The Morgan fingerprint density at radius 1 is 1.24 bits per heavy atom. The molecule has 1 aliphatic rings. The average Bonchev–Trinajstić information content (AvgIpc) is 3.35. The second-order valence-corrected chi connectivity index (χ2v) is 6.16. The van der Waals surface area contributed by atoms with E-state index in [2.05, 4.69) is 10.3 Å². The molecule has 7 heteroatoms. The van der Waals surface area contributed by atoms with Crippen LogP contribution in [0, 0.1) is 10.1 Å². The number of nitro groups is 1. The Morgan fingerprint density at radius 2 is 2.00 bits per heavy atom. The number of carbonyl (C=O) groups is 1. The molecule has 1 N–H and O–H groups in total. The standard InChI is InChI=1S/C18H15N3O4/c22-17(9-11-1-6-14(7-2-11)21(23)24)19-13-5-8-16-15(10-13)20-18(25-16)12-3-4-12/h1-2,5-8,10,12H,3-4,9H2,(H,19,22). The highest BCUT2D eigenvalue weighted by Crippen LogP contribution is 2.40. The molecule has 4 rings (SSSR count). The van der Waals surface area contributed by atoms with Crippen LogP contribution in [0.5, 0.6) is 0 Å². The van der Waals surface area contributed by atoms with Crippen molar-refractivity contribution in [3.05, 3.63) is 64.0 Å². The molecule has 0 aliphatic heterocycles. The van der Waals surface area contributed by atoms with Crippen molar-refractivity contribution in [2.75, 3.05) is 5.32 Å². The lowest BCUT2D eigenvalue weighted by molar-refractivity contribution is -0.384. The Kier molecular flexibility index (Phi) is 3.68. The summed E-state index contributed by atoms with van der Waals surface area (Å²) in [6.07, 6.45) is 2.37. The summed E-state index contributed by atoms with van der Waals surface area (Å²) >= 11 is 0. The lowest BCUT2D eigenvalue weighted by Gasteiger charge is -2.05. The van der Waals surface area contributed by atoms with Crippen LogP contribution in [0.3, 0.4) is 0 Å². The van der Waals surface area contributed by atoms with E-state index >= 15 is 0 Å². The Balaban J connectivity index is 1.44. The number of hydrogen-bond donors (Lipinski definition) is 1. The molecule has 1 aromatic heterocycles. The van der Waals surface area contributed by atoms with Crippen molar-refractivity contribution in [2.24, 2.45) is 0 Å². The van der Waals surface area contributed by atoms with Gasteiger partial charge in [-0.15, -0.1) is 0 Å². The molecule has 126 valence electrons. The van der Waals surface area contributed by atoms with Crippen LogP contribution in [0.1, 0.15) is 30.2 Å². The molecule has 0 bridgehead atoms. The fourth-order valence-electron chi connectivity index (χ4n) is 2.65. The van der Waals surface area contributed by atoms with Crippen molar-refractivity contribution >= 4 is 28.4 Å². The van der Waals surface area contributed by atoms with Crippen molar-refractivity contribution in [1.29, 1.82) is 0 Å². The van der Waals surface area contributed by atoms with Crippen molar-refractivity contribution in [3.8, 4) is 0 Å². The lowest BCUT2D eigenvalue weighted by atomic mass is 10.1. The zero-order valence-electron chi connectivity index (χ0n) is 13.3. The largest absolute Gasteiger partial charge is 0.440 e. The van der Waals surface area contributed by atoms with E-state index in [-0.39, 0.29) is 18.0 Å². The van der Waals surface area contributed by atoms with Crippen LogP contribution in [-0.4, -0.2) is 15.8 Å². The number of nitrogens with zero attached hydrogens (tertiary/aromatic N) is 2. The van der Waals surface area contributed by atoms with Gasteiger partial charge in [0.1, 0.15) is 5.52 Å². The molecule has 7 nitrogen and oxygen atoms in total. The van der Waals surface area contributed by atoms with Gasteiger partial charge in [-0.25, -0.2) is 4.98 Å². The van der Waals surface area contributed by atoms with E-state index < -0.39 is 4.92 Å². The van der Waals surface area contributed by atoms with Crippen LogP contribution >= 0.6 is 0 Å². The molecule has 3 aromatic rings. The SMILES string of the molecule is O=C(Cc1ccc([N+](=O)[O-])cc1)Nc1ccc2oc(C3CC3)nc2c1. The third-order valence-corrected chi connectivity index (χ3v) is 4.13. The van der Waals surface area contributed by atoms with Crippen LogP contribution in [0.25, 0.3) is 11.1 Å². The molecule has 0 saturated heterocycles. The van der Waals surface area contributed by atoms with Crippen LogP contribution in [0.15, 0.2) is 46.9 Å². The zero-order chi connectivity index (χ0) is 17.4. The maximum Gasteiger partial charge on any atom is 0.269 e. The summed E-state index contributed by atoms with van der Waals surface area (Å²) in [7, 11) is 0. The lowest BCUT2D eigenvalue weighted by Crippen LogP contribution is -2.14. The van der Waals surface area contributed by atoms with Gasteiger partial charge in [0, 0.05) is 23.7 Å². The number of amides is 1. The molecule has 1 aliphatic carbocycles. The Labute approximate surface area is 142 Å². The molecular formula is C18H15N3O4. The van der Waals surface area contributed by atoms with E-state index in [1.54, 1.807) is 30.3 Å². The molecule has 0 atom stereocenters. The van der Waals surface area contributed by atoms with Gasteiger partial charge in [-0.2, -0.15) is 0 Å². The van der Waals surface area contributed by atoms with Crippen molar-refractivity contribution < 1.29 is 14.1 Å². The summed E-state index contributed by atoms with van der Waals surface area (Å²) in [4.78, 5) is 26.8. The van der Waals surface area contributed by atoms with Crippen LogP contribution in [0.2, 0.25) is 0 Å². The number of benzene rings is 2. The second-order valence-electron chi connectivity index (χ2n) is 6.16. The Morgan fingerprint density at radius 3 is 2.68 bits per heavy atom. The van der Waals surface area contributed by atoms with Crippen molar-refractivity contribution in [3.63, 3.8) is 0 Å². The summed E-state index contributed by atoms with van der Waals surface area (Å²) < 4.78 is 5.70. The molecule has 2 aromatic carbocycles. The maximum absolute atomic E-state index is 12.2. The predicted octanol–water partition coefficient (Wildman–Crippen LogP) is 3.79. The third kappa shape index (κ3) is 3.35. The molecule has 1 amide bonds. The molecular weight excluding hydrogens is 322 g/mol. The monoisotopic (exact) mass is 337 g/mol. The normalized spacial score (nSPS) is 13.8. The van der Waals surface area contributed by atoms with Gasteiger partial charge in [0.15, 0.2) is 11.5 Å². The van der Waals surface area contributed by atoms with Crippen molar-refractivity contribution in [1.82, 2.24) is 4.98 Å². The number of aromatic nitrogens is 1. The van der Waals surface area contributed by atoms with E-state index in [1.165, 1.54) is 12.1 Å². The first-order valence-electron chi connectivity index (χ1n) is 8.02. The van der Waals surface area contributed by atoms with Crippen molar-refractivity contribution in [2.45, 2.75) is 25.2 Å². The van der Waals surface area contributed by atoms with Gasteiger partial charge in [0.2, 0.25) is 5.91 Å². The van der Waals surface area contributed by atoms with Crippen LogP contribution in [0.4, 0.5) is 11.4 Å². The number of nitro benzene ring substituents is 1. The summed E-state index contributed by atoms with van der Waals surface area (Å²) in [5.74, 6) is 1.01. The number of oxazole rings is 1. The van der Waals surface area contributed by atoms with Gasteiger partial charge in [0.05, 0.1) is 11.3 Å². The average molecular weight is 337 g/mol. The summed E-state index contributed by atoms with van der Waals surface area (Å²) in [5, 5.41) is 13.5. The number of rotatable bonds is 5. The minimum absolute atomic E-state index is 0.00658. The zero-order valence-corrected chi connectivity index (χ0v) is 13.3. The van der Waals surface area contributed by atoms with Gasteiger partial charge in [-0.3, -0.25) is 14.9 Å². The minimum Gasteiger partial charge on any atom is -0.440 e. The van der Waals surface area contributed by atoms with Gasteiger partial charge < -0.3 is 9.73 Å². The molecule has 1 saturated carbocycles. The number of carbonyl (C=O) groups excluding carboxylic acids is 1. The Hall–Kier alpha value is -3.22. The van der Waals surface area contributed by atoms with Gasteiger partial charge in [0.25, 0.3) is 5.69 Å². The van der Waals surface area contributed by atoms with E-state index in [0.717, 1.165) is 29.8 Å². The number of fused-ring (bicyclic) bond motifs is 1. The van der Waals surface area contributed by atoms with Crippen LogP contribution in [-0.2, 0) is 11.2 Å². The molecule has 1 fully saturated rings. The highest BCUT2D eigenvalue weighted by atomic mass is 16.6. The smallest absolute Gasteiger partial charge is 0.269 e. The Bertz CT molecular complexity index is 958. The summed E-state index contributed by atoms with van der Waals surface area (Å²) in [6, 6.07) is 11.3. The first-order chi connectivity index (χ1) is 12.1. The molecule has 0 unspecified atom stereocenters. The van der Waals surface area contributed by atoms with Crippen LogP contribution < -0.4 is 5.32 Å². The maximum atomic E-state index is 12.2. The van der Waals surface area contributed by atoms with E-state index in [0.29, 0.717) is 17.2 Å². The first kappa shape index (κ1) is 15.3.